The van der Waals surface area contributed by atoms with E-state index in [0.717, 1.165) is 30.8 Å². The van der Waals surface area contributed by atoms with Gasteiger partial charge in [0.1, 0.15) is 0 Å². The molecule has 2 unspecified atom stereocenters. The third-order valence-corrected chi connectivity index (χ3v) is 8.77. The molecule has 2 aliphatic heterocycles. The largest absolute Gasteiger partial charge is 0.388 e. The molecule has 2 bridgehead atoms. The number of aliphatic hydroxyl groups is 1. The Morgan fingerprint density at radius 2 is 1.95 bits per heavy atom. The standard InChI is InChI=1S/C16H27NO3S/c1-15-10-17(9-14(15)12-2-3-13(15)8-12)11-16(18)4-6-21(19,20)7-5-16/h12-14,18H,2-11H2,1H3/t12-,13+,14?,15?/m1/s1. The van der Waals surface area contributed by atoms with Crippen molar-refractivity contribution in [2.24, 2.45) is 23.2 Å². The summed E-state index contributed by atoms with van der Waals surface area (Å²) >= 11 is 0. The summed E-state index contributed by atoms with van der Waals surface area (Å²) in [5, 5.41) is 10.8. The molecule has 0 spiro atoms. The first kappa shape index (κ1) is 14.5. The lowest BCUT2D eigenvalue weighted by atomic mass is 9.70. The summed E-state index contributed by atoms with van der Waals surface area (Å²) in [5.74, 6) is 2.92. The first-order valence-corrected chi connectivity index (χ1v) is 10.3. The van der Waals surface area contributed by atoms with Gasteiger partial charge in [-0.05, 0) is 55.3 Å². The second-order valence-corrected chi connectivity index (χ2v) is 10.7. The summed E-state index contributed by atoms with van der Waals surface area (Å²) in [7, 11) is -2.90. The molecule has 0 amide bonds. The van der Waals surface area contributed by atoms with E-state index in [1.165, 1.54) is 19.3 Å². The molecule has 2 heterocycles. The van der Waals surface area contributed by atoms with E-state index in [-0.39, 0.29) is 11.5 Å². The molecule has 0 aromatic rings. The zero-order valence-electron chi connectivity index (χ0n) is 12.9. The molecule has 21 heavy (non-hydrogen) atoms. The minimum atomic E-state index is -2.90. The highest BCUT2D eigenvalue weighted by Gasteiger charge is 2.59. The van der Waals surface area contributed by atoms with Crippen molar-refractivity contribution in [3.63, 3.8) is 0 Å². The quantitative estimate of drug-likeness (QED) is 0.835. The van der Waals surface area contributed by atoms with Crippen molar-refractivity contribution in [2.45, 2.75) is 44.6 Å². The van der Waals surface area contributed by atoms with E-state index in [2.05, 4.69) is 11.8 Å². The van der Waals surface area contributed by atoms with Gasteiger partial charge < -0.3 is 5.11 Å². The number of sulfone groups is 1. The number of β-amino-alcohol motifs (C(OH)–C–C–N with tert-alkyl or cyclic N) is 1. The van der Waals surface area contributed by atoms with Gasteiger partial charge in [0.05, 0.1) is 17.1 Å². The number of nitrogens with zero attached hydrogens (tertiary/aromatic N) is 1. The Bertz CT molecular complexity index is 532. The Morgan fingerprint density at radius 3 is 2.62 bits per heavy atom. The summed E-state index contributed by atoms with van der Waals surface area (Å²) < 4.78 is 23.1. The number of hydrogen-bond donors (Lipinski definition) is 1. The van der Waals surface area contributed by atoms with Crippen molar-refractivity contribution in [1.29, 1.82) is 0 Å². The molecule has 4 fully saturated rings. The summed E-state index contributed by atoms with van der Waals surface area (Å²) in [4.78, 5) is 2.44. The molecule has 1 N–H and O–H groups in total. The molecule has 4 nitrogen and oxygen atoms in total. The molecule has 0 aromatic carbocycles. The molecule has 0 radical (unpaired) electrons. The maximum atomic E-state index is 11.6. The fourth-order valence-corrected chi connectivity index (χ4v) is 7.45. The highest BCUT2D eigenvalue weighted by Crippen LogP contribution is 2.62. The lowest BCUT2D eigenvalue weighted by Crippen LogP contribution is -2.48. The lowest BCUT2D eigenvalue weighted by Gasteiger charge is -2.37. The molecular weight excluding hydrogens is 286 g/mol. The number of fused-ring (bicyclic) bond motifs is 5. The van der Waals surface area contributed by atoms with Gasteiger partial charge in [-0.3, -0.25) is 4.90 Å². The van der Waals surface area contributed by atoms with E-state index in [9.17, 15) is 13.5 Å². The van der Waals surface area contributed by atoms with Crippen molar-refractivity contribution in [3.05, 3.63) is 0 Å². The smallest absolute Gasteiger partial charge is 0.150 e. The molecule has 4 rings (SSSR count). The molecule has 4 aliphatic rings. The maximum absolute atomic E-state index is 11.6. The molecule has 120 valence electrons. The van der Waals surface area contributed by atoms with Gasteiger partial charge in [0.25, 0.3) is 0 Å². The van der Waals surface area contributed by atoms with Crippen LogP contribution in [0, 0.1) is 23.2 Å². The van der Waals surface area contributed by atoms with Crippen molar-refractivity contribution < 1.29 is 13.5 Å². The van der Waals surface area contributed by atoms with Crippen LogP contribution in [0.4, 0.5) is 0 Å². The molecular formula is C16H27NO3S. The van der Waals surface area contributed by atoms with Gasteiger partial charge in [-0.2, -0.15) is 0 Å². The Hall–Kier alpha value is -0.130. The van der Waals surface area contributed by atoms with Gasteiger partial charge in [0, 0.05) is 19.6 Å². The van der Waals surface area contributed by atoms with Crippen LogP contribution in [0.3, 0.4) is 0 Å². The second-order valence-electron chi connectivity index (χ2n) is 8.43. The molecule has 2 saturated carbocycles. The van der Waals surface area contributed by atoms with Crippen molar-refractivity contribution in [2.75, 3.05) is 31.1 Å². The summed E-state index contributed by atoms with van der Waals surface area (Å²) in [6, 6.07) is 0. The molecule has 4 atom stereocenters. The SMILES string of the molecule is CC12CN(CC3(O)CCS(=O)(=O)CC3)CC1[C@@H]1CC[C@H]2C1. The van der Waals surface area contributed by atoms with Gasteiger partial charge >= 0.3 is 0 Å². The minimum Gasteiger partial charge on any atom is -0.388 e. The maximum Gasteiger partial charge on any atom is 0.150 e. The Kier molecular flexibility index (Phi) is 3.07. The summed E-state index contributed by atoms with van der Waals surface area (Å²) in [6.45, 7) is 5.35. The van der Waals surface area contributed by atoms with Crippen LogP contribution in [-0.4, -0.2) is 55.2 Å². The Balaban J connectivity index is 1.43. The molecule has 0 aromatic heterocycles. The van der Waals surface area contributed by atoms with Crippen LogP contribution in [0.15, 0.2) is 0 Å². The average molecular weight is 313 g/mol. The first-order chi connectivity index (χ1) is 9.80. The second kappa shape index (κ2) is 4.45. The van der Waals surface area contributed by atoms with Crippen LogP contribution in [0.25, 0.3) is 0 Å². The highest BCUT2D eigenvalue weighted by molar-refractivity contribution is 7.91. The van der Waals surface area contributed by atoms with Crippen molar-refractivity contribution >= 4 is 9.84 Å². The average Bonchev–Trinajstić information content (AvgIpc) is 3.04. The van der Waals surface area contributed by atoms with E-state index >= 15 is 0 Å². The van der Waals surface area contributed by atoms with Gasteiger partial charge in [-0.15, -0.1) is 0 Å². The van der Waals surface area contributed by atoms with Gasteiger partial charge in [-0.25, -0.2) is 8.42 Å². The predicted molar refractivity (Wildman–Crippen MR) is 81.7 cm³/mol. The Labute approximate surface area is 127 Å². The van der Waals surface area contributed by atoms with Crippen molar-refractivity contribution in [3.8, 4) is 0 Å². The fraction of sp³-hybridized carbons (Fsp3) is 1.00. The van der Waals surface area contributed by atoms with Crippen LogP contribution >= 0.6 is 0 Å². The van der Waals surface area contributed by atoms with Crippen molar-refractivity contribution in [1.82, 2.24) is 4.90 Å². The van der Waals surface area contributed by atoms with Gasteiger partial charge in [0.2, 0.25) is 0 Å². The van der Waals surface area contributed by atoms with Crippen LogP contribution in [0.1, 0.15) is 39.0 Å². The minimum absolute atomic E-state index is 0.156. The third-order valence-electron chi connectivity index (χ3n) is 7.12. The van der Waals surface area contributed by atoms with E-state index in [1.807, 2.05) is 0 Å². The van der Waals surface area contributed by atoms with Crippen LogP contribution in [0.5, 0.6) is 0 Å². The topological polar surface area (TPSA) is 57.6 Å². The molecule has 5 heteroatoms. The van der Waals surface area contributed by atoms with E-state index < -0.39 is 15.4 Å². The lowest BCUT2D eigenvalue weighted by molar-refractivity contribution is -0.00307. The van der Waals surface area contributed by atoms with E-state index in [0.29, 0.717) is 24.8 Å². The van der Waals surface area contributed by atoms with Crippen LogP contribution < -0.4 is 0 Å². The first-order valence-electron chi connectivity index (χ1n) is 8.45. The fourth-order valence-electron chi connectivity index (χ4n) is 5.86. The normalized spacial score (nSPS) is 47.6. The van der Waals surface area contributed by atoms with Gasteiger partial charge in [0.15, 0.2) is 9.84 Å². The van der Waals surface area contributed by atoms with E-state index in [1.54, 1.807) is 0 Å². The number of likely N-dealkylation sites (tertiary alicyclic amines) is 1. The van der Waals surface area contributed by atoms with Crippen LogP contribution in [0.2, 0.25) is 0 Å². The monoisotopic (exact) mass is 313 g/mol. The molecule has 2 aliphatic carbocycles. The third kappa shape index (κ3) is 2.27. The van der Waals surface area contributed by atoms with E-state index in [4.69, 9.17) is 0 Å². The summed E-state index contributed by atoms with van der Waals surface area (Å²) in [5.41, 5.74) is -0.320. The van der Waals surface area contributed by atoms with Gasteiger partial charge in [-0.1, -0.05) is 6.92 Å². The predicted octanol–water partition coefficient (Wildman–Crippen LogP) is 1.29. The summed E-state index contributed by atoms with van der Waals surface area (Å²) in [6.07, 6.45) is 5.06. The number of hydrogen-bond acceptors (Lipinski definition) is 4. The number of rotatable bonds is 2. The highest BCUT2D eigenvalue weighted by atomic mass is 32.2. The zero-order valence-corrected chi connectivity index (χ0v) is 13.7. The zero-order chi connectivity index (χ0) is 14.9. The van der Waals surface area contributed by atoms with Crippen LogP contribution in [-0.2, 0) is 9.84 Å². The molecule has 2 saturated heterocycles. The Morgan fingerprint density at radius 1 is 1.24 bits per heavy atom.